The molecule has 1 aromatic carbocycles. The molecule has 0 aliphatic carbocycles. The molecule has 122 valence electrons. The SMILES string of the molecule is CC(NC(=O)C1CN(C)CCO1)C(O)c1ccc(F)c(F)c1. The monoisotopic (exact) mass is 314 g/mol. The van der Waals surface area contributed by atoms with Gasteiger partial charge in [-0.2, -0.15) is 0 Å². The van der Waals surface area contributed by atoms with Crippen LogP contribution >= 0.6 is 0 Å². The highest BCUT2D eigenvalue weighted by molar-refractivity contribution is 5.81. The maximum atomic E-state index is 13.2. The molecule has 7 heteroatoms. The molecule has 0 bridgehead atoms. The van der Waals surface area contributed by atoms with E-state index in [0.29, 0.717) is 13.2 Å². The molecule has 3 atom stereocenters. The molecule has 1 aliphatic rings. The highest BCUT2D eigenvalue weighted by Gasteiger charge is 2.28. The van der Waals surface area contributed by atoms with E-state index >= 15 is 0 Å². The third-order valence-corrected chi connectivity index (χ3v) is 3.69. The molecule has 2 rings (SSSR count). The number of aliphatic hydroxyl groups excluding tert-OH is 1. The van der Waals surface area contributed by atoms with Crippen molar-refractivity contribution in [1.29, 1.82) is 0 Å². The summed E-state index contributed by atoms with van der Waals surface area (Å²) in [6, 6.07) is 2.50. The quantitative estimate of drug-likeness (QED) is 0.864. The van der Waals surface area contributed by atoms with Crippen LogP contribution in [0.15, 0.2) is 18.2 Å². The Kier molecular flexibility index (Phi) is 5.44. The van der Waals surface area contributed by atoms with E-state index in [-0.39, 0.29) is 11.5 Å². The lowest BCUT2D eigenvalue weighted by Crippen LogP contribution is -2.51. The first-order valence-electron chi connectivity index (χ1n) is 7.12. The smallest absolute Gasteiger partial charge is 0.250 e. The van der Waals surface area contributed by atoms with Gasteiger partial charge in [0.2, 0.25) is 0 Å². The molecule has 3 unspecified atom stereocenters. The number of carbonyl (C=O) groups is 1. The Hall–Kier alpha value is -1.57. The summed E-state index contributed by atoms with van der Waals surface area (Å²) in [7, 11) is 1.89. The van der Waals surface area contributed by atoms with Crippen molar-refractivity contribution in [1.82, 2.24) is 10.2 Å². The van der Waals surface area contributed by atoms with Crippen molar-refractivity contribution in [3.05, 3.63) is 35.4 Å². The topological polar surface area (TPSA) is 61.8 Å². The van der Waals surface area contributed by atoms with Gasteiger partial charge in [-0.25, -0.2) is 8.78 Å². The Morgan fingerprint density at radius 1 is 1.45 bits per heavy atom. The van der Waals surface area contributed by atoms with Crippen molar-refractivity contribution in [3.8, 4) is 0 Å². The van der Waals surface area contributed by atoms with E-state index in [9.17, 15) is 18.7 Å². The van der Waals surface area contributed by atoms with Crippen LogP contribution in [0.5, 0.6) is 0 Å². The van der Waals surface area contributed by atoms with Crippen molar-refractivity contribution >= 4 is 5.91 Å². The number of nitrogens with zero attached hydrogens (tertiary/aromatic N) is 1. The van der Waals surface area contributed by atoms with Crippen LogP contribution in [0.3, 0.4) is 0 Å². The third kappa shape index (κ3) is 4.00. The number of carbonyl (C=O) groups excluding carboxylic acids is 1. The first-order valence-corrected chi connectivity index (χ1v) is 7.12. The molecule has 2 N–H and O–H groups in total. The summed E-state index contributed by atoms with van der Waals surface area (Å²) in [6.07, 6.45) is -1.74. The predicted molar refractivity (Wildman–Crippen MR) is 76.2 cm³/mol. The van der Waals surface area contributed by atoms with Gasteiger partial charge in [-0.1, -0.05) is 6.07 Å². The Bertz CT molecular complexity index is 542. The van der Waals surface area contributed by atoms with Gasteiger partial charge >= 0.3 is 0 Å². The van der Waals surface area contributed by atoms with Gasteiger partial charge in [-0.15, -0.1) is 0 Å². The highest BCUT2D eigenvalue weighted by Crippen LogP contribution is 2.19. The molecular formula is C15H20F2N2O3. The molecule has 0 spiro atoms. The minimum absolute atomic E-state index is 0.202. The molecule has 0 radical (unpaired) electrons. The number of halogens is 2. The molecule has 0 aromatic heterocycles. The van der Waals surface area contributed by atoms with Crippen molar-refractivity contribution in [3.63, 3.8) is 0 Å². The van der Waals surface area contributed by atoms with Crippen LogP contribution in [-0.2, 0) is 9.53 Å². The maximum Gasteiger partial charge on any atom is 0.250 e. The van der Waals surface area contributed by atoms with Gasteiger partial charge in [-0.3, -0.25) is 4.79 Å². The molecule has 1 heterocycles. The molecule has 1 amide bonds. The molecule has 5 nitrogen and oxygen atoms in total. The van der Waals surface area contributed by atoms with Crippen LogP contribution in [0.1, 0.15) is 18.6 Å². The van der Waals surface area contributed by atoms with Gasteiger partial charge in [0.1, 0.15) is 6.10 Å². The zero-order valence-electron chi connectivity index (χ0n) is 12.6. The fourth-order valence-corrected chi connectivity index (χ4v) is 2.32. The molecule has 1 fully saturated rings. The lowest BCUT2D eigenvalue weighted by molar-refractivity contribution is -0.139. The van der Waals surface area contributed by atoms with Crippen molar-refractivity contribution in [2.45, 2.75) is 25.2 Å². The van der Waals surface area contributed by atoms with Crippen molar-refractivity contribution in [2.24, 2.45) is 0 Å². The van der Waals surface area contributed by atoms with Crippen LogP contribution in [0, 0.1) is 11.6 Å². The number of amides is 1. The van der Waals surface area contributed by atoms with Crippen LogP contribution in [0.2, 0.25) is 0 Å². The van der Waals surface area contributed by atoms with Crippen molar-refractivity contribution < 1.29 is 23.4 Å². The standard InChI is InChI=1S/C15H20F2N2O3/c1-9(14(20)10-3-4-11(16)12(17)7-10)18-15(21)13-8-19(2)5-6-22-13/h3-4,7,9,13-14,20H,5-6,8H2,1-2H3,(H,18,21). The van der Waals surface area contributed by atoms with E-state index in [1.165, 1.54) is 6.07 Å². The summed E-state index contributed by atoms with van der Waals surface area (Å²) in [5, 5.41) is 12.8. The van der Waals surface area contributed by atoms with E-state index in [2.05, 4.69) is 5.32 Å². The second-order valence-corrected chi connectivity index (χ2v) is 5.54. The Balaban J connectivity index is 1.96. The lowest BCUT2D eigenvalue weighted by atomic mass is 10.0. The summed E-state index contributed by atoms with van der Waals surface area (Å²) in [5.41, 5.74) is 0.202. The number of hydrogen-bond acceptors (Lipinski definition) is 4. The number of hydrogen-bond donors (Lipinski definition) is 2. The van der Waals surface area contributed by atoms with E-state index in [4.69, 9.17) is 4.74 Å². The third-order valence-electron chi connectivity index (χ3n) is 3.69. The van der Waals surface area contributed by atoms with Gasteiger partial charge in [-0.05, 0) is 31.7 Å². The summed E-state index contributed by atoms with van der Waals surface area (Å²) in [4.78, 5) is 14.1. The number of nitrogens with one attached hydrogen (secondary N) is 1. The van der Waals surface area contributed by atoms with Gasteiger partial charge in [0.15, 0.2) is 11.6 Å². The fourth-order valence-electron chi connectivity index (χ4n) is 2.32. The van der Waals surface area contributed by atoms with E-state index in [1.807, 2.05) is 11.9 Å². The number of rotatable bonds is 4. The van der Waals surface area contributed by atoms with Gasteiger partial charge < -0.3 is 20.1 Å². The summed E-state index contributed by atoms with van der Waals surface area (Å²) in [6.45, 7) is 3.29. The molecule has 1 aliphatic heterocycles. The predicted octanol–water partition coefficient (Wildman–Crippen LogP) is 0.834. The van der Waals surface area contributed by atoms with Crippen LogP contribution in [0.25, 0.3) is 0 Å². The second-order valence-electron chi connectivity index (χ2n) is 5.54. The van der Waals surface area contributed by atoms with Crippen molar-refractivity contribution in [2.75, 3.05) is 26.7 Å². The number of ether oxygens (including phenoxy) is 1. The van der Waals surface area contributed by atoms with Crippen LogP contribution in [0.4, 0.5) is 8.78 Å². The maximum absolute atomic E-state index is 13.2. The number of benzene rings is 1. The second kappa shape index (κ2) is 7.13. The molecule has 22 heavy (non-hydrogen) atoms. The molecule has 0 saturated carbocycles. The van der Waals surface area contributed by atoms with E-state index in [1.54, 1.807) is 6.92 Å². The lowest BCUT2D eigenvalue weighted by Gasteiger charge is -2.30. The van der Waals surface area contributed by atoms with Gasteiger partial charge in [0.25, 0.3) is 5.91 Å². The molecule has 1 saturated heterocycles. The van der Waals surface area contributed by atoms with Gasteiger partial charge in [0.05, 0.1) is 18.8 Å². The fraction of sp³-hybridized carbons (Fsp3) is 0.533. The zero-order valence-corrected chi connectivity index (χ0v) is 12.6. The number of aliphatic hydroxyl groups is 1. The van der Waals surface area contributed by atoms with Crippen LogP contribution < -0.4 is 5.32 Å². The first kappa shape index (κ1) is 16.8. The largest absolute Gasteiger partial charge is 0.386 e. The minimum atomic E-state index is -1.14. The molecule has 1 aromatic rings. The zero-order chi connectivity index (χ0) is 16.3. The van der Waals surface area contributed by atoms with Crippen LogP contribution in [-0.4, -0.2) is 54.8 Å². The molecular weight excluding hydrogens is 294 g/mol. The Morgan fingerprint density at radius 3 is 2.82 bits per heavy atom. The van der Waals surface area contributed by atoms with E-state index < -0.39 is 29.9 Å². The van der Waals surface area contributed by atoms with E-state index in [0.717, 1.165) is 18.7 Å². The first-order chi connectivity index (χ1) is 10.4. The summed E-state index contributed by atoms with van der Waals surface area (Å²) < 4.78 is 31.5. The average molecular weight is 314 g/mol. The number of likely N-dealkylation sites (N-methyl/N-ethyl adjacent to an activating group) is 1. The minimum Gasteiger partial charge on any atom is -0.386 e. The summed E-state index contributed by atoms with van der Waals surface area (Å²) >= 11 is 0. The normalized spacial score (nSPS) is 22.1. The summed E-state index contributed by atoms with van der Waals surface area (Å²) in [5.74, 6) is -2.35. The number of morpholine rings is 1. The Labute approximate surface area is 127 Å². The highest BCUT2D eigenvalue weighted by atomic mass is 19.2. The van der Waals surface area contributed by atoms with Gasteiger partial charge in [0, 0.05) is 13.1 Å². The Morgan fingerprint density at radius 2 is 2.18 bits per heavy atom. The average Bonchev–Trinajstić information content (AvgIpc) is 2.49.